The van der Waals surface area contributed by atoms with Crippen molar-refractivity contribution in [2.45, 2.75) is 32.2 Å². The standard InChI is InChI=1S/C13H17Cl2N/c1-9-6-10(2)16(8-9)13-5-3-4-12(15)11(13)7-14/h3-5,9-10H,6-8H2,1-2H3. The van der Waals surface area contributed by atoms with Crippen LogP contribution in [0.25, 0.3) is 0 Å². The highest BCUT2D eigenvalue weighted by atomic mass is 35.5. The van der Waals surface area contributed by atoms with E-state index in [9.17, 15) is 0 Å². The van der Waals surface area contributed by atoms with Gasteiger partial charge in [-0.2, -0.15) is 0 Å². The Hall–Kier alpha value is -0.400. The Kier molecular flexibility index (Phi) is 3.66. The molecule has 16 heavy (non-hydrogen) atoms. The first kappa shape index (κ1) is 12.1. The lowest BCUT2D eigenvalue weighted by Gasteiger charge is -2.26. The predicted octanol–water partition coefficient (Wildman–Crippen LogP) is 4.31. The maximum absolute atomic E-state index is 6.18. The van der Waals surface area contributed by atoms with Crippen molar-refractivity contribution in [1.82, 2.24) is 0 Å². The Balaban J connectivity index is 2.36. The molecule has 88 valence electrons. The van der Waals surface area contributed by atoms with Crippen LogP contribution in [0.2, 0.25) is 5.02 Å². The zero-order chi connectivity index (χ0) is 11.7. The van der Waals surface area contributed by atoms with Crippen LogP contribution in [0.3, 0.4) is 0 Å². The first-order valence-corrected chi connectivity index (χ1v) is 6.64. The summed E-state index contributed by atoms with van der Waals surface area (Å²) in [5, 5.41) is 0.777. The summed E-state index contributed by atoms with van der Waals surface area (Å²) in [7, 11) is 0. The number of hydrogen-bond acceptors (Lipinski definition) is 1. The summed E-state index contributed by atoms with van der Waals surface area (Å²) in [5.41, 5.74) is 2.27. The molecule has 3 heteroatoms. The summed E-state index contributed by atoms with van der Waals surface area (Å²) in [6, 6.07) is 6.62. The molecule has 0 N–H and O–H groups in total. The van der Waals surface area contributed by atoms with Crippen molar-refractivity contribution in [1.29, 1.82) is 0 Å². The number of alkyl halides is 1. The van der Waals surface area contributed by atoms with E-state index in [0.29, 0.717) is 11.9 Å². The Morgan fingerprint density at radius 3 is 2.69 bits per heavy atom. The second-order valence-electron chi connectivity index (χ2n) is 4.71. The molecule has 1 saturated heterocycles. The fourth-order valence-electron chi connectivity index (χ4n) is 2.58. The summed E-state index contributed by atoms with van der Waals surface area (Å²) in [4.78, 5) is 2.42. The molecule has 2 rings (SSSR count). The average Bonchev–Trinajstić information content (AvgIpc) is 2.57. The Morgan fingerprint density at radius 1 is 1.38 bits per heavy atom. The minimum absolute atomic E-state index is 0.479. The highest BCUT2D eigenvalue weighted by Crippen LogP contribution is 2.35. The molecule has 1 nitrogen and oxygen atoms in total. The Morgan fingerprint density at radius 2 is 2.12 bits per heavy atom. The lowest BCUT2D eigenvalue weighted by molar-refractivity contribution is 0.625. The molecule has 2 atom stereocenters. The van der Waals surface area contributed by atoms with Gasteiger partial charge >= 0.3 is 0 Å². The van der Waals surface area contributed by atoms with Crippen molar-refractivity contribution in [3.8, 4) is 0 Å². The summed E-state index contributed by atoms with van der Waals surface area (Å²) in [6.45, 7) is 5.66. The molecule has 1 aliphatic rings. The van der Waals surface area contributed by atoms with Crippen LogP contribution < -0.4 is 4.90 Å². The third-order valence-electron chi connectivity index (χ3n) is 3.32. The summed E-state index contributed by atoms with van der Waals surface area (Å²) in [5.74, 6) is 1.23. The predicted molar refractivity (Wildman–Crippen MR) is 71.6 cm³/mol. The fraction of sp³-hybridized carbons (Fsp3) is 0.538. The van der Waals surface area contributed by atoms with Gasteiger partial charge in [-0.3, -0.25) is 0 Å². The van der Waals surface area contributed by atoms with E-state index in [0.717, 1.165) is 23.0 Å². The minimum Gasteiger partial charge on any atom is -0.368 e. The van der Waals surface area contributed by atoms with Crippen LogP contribution in [0.4, 0.5) is 5.69 Å². The quantitative estimate of drug-likeness (QED) is 0.714. The van der Waals surface area contributed by atoms with E-state index in [1.165, 1.54) is 12.1 Å². The van der Waals surface area contributed by atoms with Gasteiger partial charge in [0.25, 0.3) is 0 Å². The van der Waals surface area contributed by atoms with E-state index in [-0.39, 0.29) is 0 Å². The van der Waals surface area contributed by atoms with E-state index in [2.05, 4.69) is 24.8 Å². The largest absolute Gasteiger partial charge is 0.368 e. The van der Waals surface area contributed by atoms with Crippen LogP contribution in [-0.2, 0) is 5.88 Å². The maximum atomic E-state index is 6.18. The summed E-state index contributed by atoms with van der Waals surface area (Å²) >= 11 is 12.2. The molecular formula is C13H17Cl2N. The molecule has 0 amide bonds. The van der Waals surface area contributed by atoms with Gasteiger partial charge in [-0.25, -0.2) is 0 Å². The van der Waals surface area contributed by atoms with Crippen LogP contribution >= 0.6 is 23.2 Å². The molecule has 2 unspecified atom stereocenters. The molecule has 0 saturated carbocycles. The number of hydrogen-bond donors (Lipinski definition) is 0. The van der Waals surface area contributed by atoms with Crippen LogP contribution in [0.5, 0.6) is 0 Å². The first-order valence-electron chi connectivity index (χ1n) is 5.73. The van der Waals surface area contributed by atoms with Gasteiger partial charge in [0, 0.05) is 28.9 Å². The molecule has 0 aromatic heterocycles. The normalized spacial score (nSPS) is 25.1. The van der Waals surface area contributed by atoms with E-state index < -0.39 is 0 Å². The second-order valence-corrected chi connectivity index (χ2v) is 5.39. The van der Waals surface area contributed by atoms with Gasteiger partial charge in [0.2, 0.25) is 0 Å². The van der Waals surface area contributed by atoms with E-state index in [1.807, 2.05) is 12.1 Å². The van der Waals surface area contributed by atoms with Crippen molar-refractivity contribution in [3.05, 3.63) is 28.8 Å². The number of halogens is 2. The zero-order valence-electron chi connectivity index (χ0n) is 9.71. The Labute approximate surface area is 107 Å². The lowest BCUT2D eigenvalue weighted by atomic mass is 10.1. The molecule has 1 aromatic carbocycles. The van der Waals surface area contributed by atoms with E-state index in [1.54, 1.807) is 0 Å². The maximum Gasteiger partial charge on any atom is 0.0509 e. The minimum atomic E-state index is 0.479. The van der Waals surface area contributed by atoms with Crippen LogP contribution in [-0.4, -0.2) is 12.6 Å². The average molecular weight is 258 g/mol. The van der Waals surface area contributed by atoms with Crippen molar-refractivity contribution in [2.24, 2.45) is 5.92 Å². The molecule has 0 bridgehead atoms. The third-order valence-corrected chi connectivity index (χ3v) is 3.94. The summed E-state index contributed by atoms with van der Waals surface area (Å²) in [6.07, 6.45) is 1.24. The van der Waals surface area contributed by atoms with Crippen molar-refractivity contribution >= 4 is 28.9 Å². The van der Waals surface area contributed by atoms with Gasteiger partial charge in [0.05, 0.1) is 5.88 Å². The molecule has 0 radical (unpaired) electrons. The number of anilines is 1. The first-order chi connectivity index (χ1) is 7.63. The van der Waals surface area contributed by atoms with Gasteiger partial charge in [-0.05, 0) is 31.4 Å². The molecule has 1 fully saturated rings. The molecule has 0 aliphatic carbocycles. The highest BCUT2D eigenvalue weighted by Gasteiger charge is 2.27. The zero-order valence-corrected chi connectivity index (χ0v) is 11.2. The van der Waals surface area contributed by atoms with E-state index in [4.69, 9.17) is 23.2 Å². The number of nitrogens with zero attached hydrogens (tertiary/aromatic N) is 1. The monoisotopic (exact) mass is 257 g/mol. The number of benzene rings is 1. The van der Waals surface area contributed by atoms with Gasteiger partial charge < -0.3 is 4.90 Å². The van der Waals surface area contributed by atoms with Crippen molar-refractivity contribution in [3.63, 3.8) is 0 Å². The van der Waals surface area contributed by atoms with Crippen LogP contribution in [0.15, 0.2) is 18.2 Å². The summed E-state index contributed by atoms with van der Waals surface area (Å²) < 4.78 is 0. The van der Waals surface area contributed by atoms with Gasteiger partial charge in [0.1, 0.15) is 0 Å². The molecule has 1 heterocycles. The van der Waals surface area contributed by atoms with Crippen molar-refractivity contribution < 1.29 is 0 Å². The van der Waals surface area contributed by atoms with Crippen molar-refractivity contribution in [2.75, 3.05) is 11.4 Å². The van der Waals surface area contributed by atoms with Crippen LogP contribution in [0, 0.1) is 5.92 Å². The van der Waals surface area contributed by atoms with Gasteiger partial charge in [-0.1, -0.05) is 24.6 Å². The SMILES string of the molecule is CC1CC(C)N(c2cccc(Cl)c2CCl)C1. The number of rotatable bonds is 2. The topological polar surface area (TPSA) is 3.24 Å². The molecule has 1 aliphatic heterocycles. The highest BCUT2D eigenvalue weighted by molar-refractivity contribution is 6.32. The molecule has 1 aromatic rings. The van der Waals surface area contributed by atoms with Gasteiger partial charge in [-0.15, -0.1) is 11.6 Å². The third kappa shape index (κ3) is 2.16. The van der Waals surface area contributed by atoms with Gasteiger partial charge in [0.15, 0.2) is 0 Å². The molecular weight excluding hydrogens is 241 g/mol. The second kappa shape index (κ2) is 4.85. The Bertz CT molecular complexity index is 378. The van der Waals surface area contributed by atoms with Crippen LogP contribution in [0.1, 0.15) is 25.8 Å². The van der Waals surface area contributed by atoms with E-state index >= 15 is 0 Å². The smallest absolute Gasteiger partial charge is 0.0509 e. The molecule has 0 spiro atoms. The lowest BCUT2D eigenvalue weighted by Crippen LogP contribution is -2.27. The fourth-order valence-corrected chi connectivity index (χ4v) is 3.17.